The van der Waals surface area contributed by atoms with E-state index < -0.39 is 15.7 Å². The van der Waals surface area contributed by atoms with Crippen molar-refractivity contribution in [1.82, 2.24) is 4.57 Å². The van der Waals surface area contributed by atoms with Crippen LogP contribution in [0.2, 0.25) is 0 Å². The van der Waals surface area contributed by atoms with E-state index in [0.29, 0.717) is 4.80 Å². The SMILES string of the molecule is Cc1ccc(S(=O)(=O)CCC(=O)N=c2sc3c4ccccc4ccc3n2C)cc1. The summed E-state index contributed by atoms with van der Waals surface area (Å²) in [6.45, 7) is 1.90. The van der Waals surface area contributed by atoms with Crippen molar-refractivity contribution < 1.29 is 13.2 Å². The van der Waals surface area contributed by atoms with Crippen molar-refractivity contribution in [2.24, 2.45) is 12.0 Å². The highest BCUT2D eigenvalue weighted by molar-refractivity contribution is 7.91. The summed E-state index contributed by atoms with van der Waals surface area (Å²) in [5, 5.41) is 2.24. The summed E-state index contributed by atoms with van der Waals surface area (Å²) >= 11 is 1.44. The van der Waals surface area contributed by atoms with Gasteiger partial charge < -0.3 is 4.57 Å². The third kappa shape index (κ3) is 3.88. The summed E-state index contributed by atoms with van der Waals surface area (Å²) in [4.78, 5) is 17.4. The van der Waals surface area contributed by atoms with Gasteiger partial charge in [-0.15, -0.1) is 0 Å². The Kier molecular flexibility index (Phi) is 5.10. The summed E-state index contributed by atoms with van der Waals surface area (Å²) in [6, 6.07) is 18.8. The van der Waals surface area contributed by atoms with Crippen molar-refractivity contribution in [3.8, 4) is 0 Å². The molecular formula is C22H20N2O3S2. The van der Waals surface area contributed by atoms with Crippen molar-refractivity contribution in [3.05, 3.63) is 71.0 Å². The van der Waals surface area contributed by atoms with Crippen LogP contribution in [0.5, 0.6) is 0 Å². The Morgan fingerprint density at radius 3 is 2.52 bits per heavy atom. The molecule has 29 heavy (non-hydrogen) atoms. The summed E-state index contributed by atoms with van der Waals surface area (Å²) < 4.78 is 27.8. The molecule has 3 aromatic carbocycles. The van der Waals surface area contributed by atoms with Gasteiger partial charge in [0, 0.05) is 18.9 Å². The molecule has 5 nitrogen and oxygen atoms in total. The molecule has 0 aliphatic rings. The molecule has 0 aliphatic carbocycles. The number of aryl methyl sites for hydroxylation is 2. The van der Waals surface area contributed by atoms with Gasteiger partial charge in [-0.3, -0.25) is 4.79 Å². The monoisotopic (exact) mass is 424 g/mol. The standard InChI is InChI=1S/C22H20N2O3S2/c1-15-7-10-17(11-8-15)29(26,27)14-13-20(25)23-22-24(2)19-12-9-16-5-3-4-6-18(16)21(19)28-22/h3-12H,13-14H2,1-2H3. The van der Waals surface area contributed by atoms with E-state index in [1.165, 1.54) is 11.3 Å². The van der Waals surface area contributed by atoms with E-state index in [1.54, 1.807) is 24.3 Å². The normalized spacial score (nSPS) is 12.7. The maximum absolute atomic E-state index is 12.5. The molecule has 1 aromatic heterocycles. The van der Waals surface area contributed by atoms with Gasteiger partial charge in [-0.2, -0.15) is 4.99 Å². The Bertz CT molecular complexity index is 1400. The fourth-order valence-electron chi connectivity index (χ4n) is 3.21. The predicted octanol–water partition coefficient (Wildman–Crippen LogP) is 3.99. The molecule has 7 heteroatoms. The van der Waals surface area contributed by atoms with E-state index >= 15 is 0 Å². The lowest BCUT2D eigenvalue weighted by atomic mass is 10.1. The van der Waals surface area contributed by atoms with E-state index in [9.17, 15) is 13.2 Å². The molecule has 0 unspecified atom stereocenters. The molecule has 0 spiro atoms. The van der Waals surface area contributed by atoms with Crippen molar-refractivity contribution in [1.29, 1.82) is 0 Å². The number of hydrogen-bond acceptors (Lipinski definition) is 4. The lowest BCUT2D eigenvalue weighted by Crippen LogP contribution is -2.15. The Morgan fingerprint density at radius 1 is 1.03 bits per heavy atom. The number of aromatic nitrogens is 1. The van der Waals surface area contributed by atoms with Crippen LogP contribution < -0.4 is 4.80 Å². The molecule has 1 amide bonds. The van der Waals surface area contributed by atoms with Gasteiger partial charge in [0.25, 0.3) is 0 Å². The van der Waals surface area contributed by atoms with Crippen LogP contribution in [0, 0.1) is 6.92 Å². The predicted molar refractivity (Wildman–Crippen MR) is 117 cm³/mol. The van der Waals surface area contributed by atoms with Crippen LogP contribution in [-0.4, -0.2) is 24.6 Å². The van der Waals surface area contributed by atoms with Crippen LogP contribution in [-0.2, 0) is 21.7 Å². The van der Waals surface area contributed by atoms with E-state index in [4.69, 9.17) is 0 Å². The number of sulfone groups is 1. The number of rotatable bonds is 4. The first-order valence-corrected chi connectivity index (χ1v) is 11.7. The van der Waals surface area contributed by atoms with Crippen molar-refractivity contribution in [3.63, 3.8) is 0 Å². The minimum absolute atomic E-state index is 0.148. The van der Waals surface area contributed by atoms with Gasteiger partial charge in [0.15, 0.2) is 14.6 Å². The fourth-order valence-corrected chi connectivity index (χ4v) is 5.61. The molecule has 0 saturated heterocycles. The summed E-state index contributed by atoms with van der Waals surface area (Å²) in [5.74, 6) is -0.692. The second-order valence-electron chi connectivity index (χ2n) is 6.97. The smallest absolute Gasteiger partial charge is 0.249 e. The number of thiazole rings is 1. The van der Waals surface area contributed by atoms with Crippen LogP contribution in [0.4, 0.5) is 0 Å². The Morgan fingerprint density at radius 2 is 1.76 bits per heavy atom. The quantitative estimate of drug-likeness (QED) is 0.497. The second-order valence-corrected chi connectivity index (χ2v) is 10.1. The van der Waals surface area contributed by atoms with Crippen LogP contribution in [0.25, 0.3) is 21.0 Å². The molecule has 148 valence electrons. The number of hydrogen-bond donors (Lipinski definition) is 0. The Hall–Kier alpha value is -2.77. The average Bonchev–Trinajstić information content (AvgIpc) is 3.03. The van der Waals surface area contributed by atoms with Gasteiger partial charge in [0.2, 0.25) is 5.91 Å². The molecule has 1 heterocycles. The average molecular weight is 425 g/mol. The number of benzene rings is 3. The maximum atomic E-state index is 12.5. The van der Waals surface area contributed by atoms with Crippen molar-refractivity contribution in [2.75, 3.05) is 5.75 Å². The molecular weight excluding hydrogens is 404 g/mol. The minimum Gasteiger partial charge on any atom is -0.319 e. The zero-order valence-electron chi connectivity index (χ0n) is 16.1. The lowest BCUT2D eigenvalue weighted by Gasteiger charge is -2.03. The van der Waals surface area contributed by atoms with E-state index in [-0.39, 0.29) is 17.1 Å². The van der Waals surface area contributed by atoms with E-state index in [2.05, 4.69) is 4.99 Å². The lowest BCUT2D eigenvalue weighted by molar-refractivity contribution is -0.117. The minimum atomic E-state index is -3.51. The summed E-state index contributed by atoms with van der Waals surface area (Å²) in [6.07, 6.45) is -0.148. The molecule has 4 aromatic rings. The molecule has 4 rings (SSSR count). The highest BCUT2D eigenvalue weighted by Gasteiger charge is 2.16. The first kappa shape index (κ1) is 19.5. The van der Waals surface area contributed by atoms with Crippen LogP contribution in [0.1, 0.15) is 12.0 Å². The second kappa shape index (κ2) is 7.57. The molecule has 0 N–H and O–H groups in total. The van der Waals surface area contributed by atoms with Gasteiger partial charge in [-0.25, -0.2) is 8.42 Å². The molecule has 0 atom stereocenters. The van der Waals surface area contributed by atoms with Crippen LogP contribution >= 0.6 is 11.3 Å². The third-order valence-corrected chi connectivity index (χ3v) is 7.80. The van der Waals surface area contributed by atoms with E-state index in [0.717, 1.165) is 26.6 Å². The Balaban J connectivity index is 1.61. The summed E-state index contributed by atoms with van der Waals surface area (Å²) in [5.41, 5.74) is 1.98. The zero-order valence-corrected chi connectivity index (χ0v) is 17.8. The number of amides is 1. The molecule has 0 radical (unpaired) electrons. The number of nitrogens with zero attached hydrogens (tertiary/aromatic N) is 2. The Labute approximate surface area is 172 Å². The number of carbonyl (C=O) groups is 1. The third-order valence-electron chi connectivity index (χ3n) is 4.89. The van der Waals surface area contributed by atoms with Crippen LogP contribution in [0.15, 0.2) is 70.6 Å². The van der Waals surface area contributed by atoms with E-state index in [1.807, 2.05) is 54.9 Å². The van der Waals surface area contributed by atoms with Gasteiger partial charge in [-0.1, -0.05) is 59.4 Å². The number of carbonyl (C=O) groups excluding carboxylic acids is 1. The first-order chi connectivity index (χ1) is 13.8. The van der Waals surface area contributed by atoms with Gasteiger partial charge in [0.05, 0.1) is 20.9 Å². The largest absolute Gasteiger partial charge is 0.319 e. The summed E-state index contributed by atoms with van der Waals surface area (Å²) in [7, 11) is -1.65. The van der Waals surface area contributed by atoms with Crippen LogP contribution in [0.3, 0.4) is 0 Å². The highest BCUT2D eigenvalue weighted by Crippen LogP contribution is 2.27. The van der Waals surface area contributed by atoms with Crippen molar-refractivity contribution in [2.45, 2.75) is 18.2 Å². The van der Waals surface area contributed by atoms with Gasteiger partial charge in [-0.05, 0) is 30.5 Å². The fraction of sp³-hybridized carbons (Fsp3) is 0.182. The van der Waals surface area contributed by atoms with Crippen molar-refractivity contribution >= 4 is 48.1 Å². The van der Waals surface area contributed by atoms with Gasteiger partial charge >= 0.3 is 0 Å². The first-order valence-electron chi connectivity index (χ1n) is 9.19. The molecule has 0 aliphatic heterocycles. The topological polar surface area (TPSA) is 68.5 Å². The molecule has 0 bridgehead atoms. The zero-order chi connectivity index (χ0) is 20.6. The maximum Gasteiger partial charge on any atom is 0.249 e. The van der Waals surface area contributed by atoms with Gasteiger partial charge in [0.1, 0.15) is 0 Å². The molecule has 0 saturated carbocycles. The molecule has 0 fully saturated rings. The highest BCUT2D eigenvalue weighted by atomic mass is 32.2. The number of fused-ring (bicyclic) bond motifs is 3.